The molecule has 38 heavy (non-hydrogen) atoms. The largest absolute Gasteiger partial charge is 0.494 e. The standard InChI is InChI=1S/C30H37N3O5/c1-3-38-25-15-11-22(12-16-25)20-32(18-17-23-19-31-27-8-5-4-7-26(23)27)29(35)21-33(24-13-14-24)28(34)9-6-10-30(36)37-2/h4-5,7-8,11-12,15-16,19,24,31H,3,6,9-10,13-14,17-18,20-21H2,1-2H3. The zero-order valence-corrected chi connectivity index (χ0v) is 22.3. The lowest BCUT2D eigenvalue weighted by molar-refractivity contribution is -0.143. The number of aromatic amines is 1. The Morgan fingerprint density at radius 1 is 1.00 bits per heavy atom. The maximum atomic E-state index is 13.6. The molecule has 1 aromatic heterocycles. The molecule has 1 heterocycles. The van der Waals surface area contributed by atoms with Crippen molar-refractivity contribution < 1.29 is 23.9 Å². The SMILES string of the molecule is CCOc1ccc(CN(CCc2c[nH]c3ccccc23)C(=O)CN(C(=O)CCCC(=O)OC)C2CC2)cc1. The predicted octanol–water partition coefficient (Wildman–Crippen LogP) is 4.47. The van der Waals surface area contributed by atoms with Gasteiger partial charge in [-0.25, -0.2) is 0 Å². The summed E-state index contributed by atoms with van der Waals surface area (Å²) in [6.45, 7) is 3.57. The van der Waals surface area contributed by atoms with Gasteiger partial charge in [0.1, 0.15) is 12.3 Å². The summed E-state index contributed by atoms with van der Waals surface area (Å²) < 4.78 is 10.2. The van der Waals surface area contributed by atoms with Crippen molar-refractivity contribution in [3.63, 3.8) is 0 Å². The lowest BCUT2D eigenvalue weighted by Crippen LogP contribution is -2.44. The first-order valence-electron chi connectivity index (χ1n) is 13.4. The van der Waals surface area contributed by atoms with Crippen LogP contribution in [0.5, 0.6) is 5.75 Å². The number of carbonyl (C=O) groups excluding carboxylic acids is 3. The van der Waals surface area contributed by atoms with Crippen LogP contribution in [-0.4, -0.2) is 65.4 Å². The first kappa shape index (κ1) is 27.2. The summed E-state index contributed by atoms with van der Waals surface area (Å²) in [6.07, 6.45) is 5.36. The molecular formula is C30H37N3O5. The van der Waals surface area contributed by atoms with Crippen LogP contribution >= 0.6 is 0 Å². The number of methoxy groups -OCH3 is 1. The van der Waals surface area contributed by atoms with Crippen molar-refractivity contribution in [2.45, 2.75) is 58.0 Å². The molecule has 8 nitrogen and oxygen atoms in total. The predicted molar refractivity (Wildman–Crippen MR) is 146 cm³/mol. The summed E-state index contributed by atoms with van der Waals surface area (Å²) in [7, 11) is 1.34. The zero-order chi connectivity index (χ0) is 26.9. The number of rotatable bonds is 14. The number of para-hydroxylation sites is 1. The highest BCUT2D eigenvalue weighted by atomic mass is 16.5. The van der Waals surface area contributed by atoms with Gasteiger partial charge in [-0.05, 0) is 61.9 Å². The van der Waals surface area contributed by atoms with Crippen LogP contribution < -0.4 is 4.74 Å². The highest BCUT2D eigenvalue weighted by Crippen LogP contribution is 2.28. The normalized spacial score (nSPS) is 12.8. The Kier molecular flexibility index (Phi) is 9.40. The molecule has 0 unspecified atom stereocenters. The van der Waals surface area contributed by atoms with Gasteiger partial charge < -0.3 is 24.3 Å². The molecule has 1 aliphatic rings. The van der Waals surface area contributed by atoms with Crippen molar-refractivity contribution in [3.8, 4) is 5.75 Å². The molecule has 0 spiro atoms. The zero-order valence-electron chi connectivity index (χ0n) is 22.3. The van der Waals surface area contributed by atoms with E-state index in [1.807, 2.05) is 60.5 Å². The van der Waals surface area contributed by atoms with E-state index < -0.39 is 0 Å². The molecular weight excluding hydrogens is 482 g/mol. The molecule has 4 rings (SSSR count). The molecule has 2 aromatic carbocycles. The van der Waals surface area contributed by atoms with E-state index in [4.69, 9.17) is 4.74 Å². The van der Waals surface area contributed by atoms with Gasteiger partial charge in [-0.3, -0.25) is 14.4 Å². The highest BCUT2D eigenvalue weighted by Gasteiger charge is 2.34. The Hall–Kier alpha value is -3.81. The Morgan fingerprint density at radius 2 is 1.76 bits per heavy atom. The smallest absolute Gasteiger partial charge is 0.305 e. The Labute approximate surface area is 223 Å². The fraction of sp³-hybridized carbons (Fsp3) is 0.433. The number of nitrogens with zero attached hydrogens (tertiary/aromatic N) is 2. The molecule has 1 N–H and O–H groups in total. The Morgan fingerprint density at radius 3 is 2.47 bits per heavy atom. The maximum Gasteiger partial charge on any atom is 0.305 e. The van der Waals surface area contributed by atoms with E-state index in [0.717, 1.165) is 40.6 Å². The third-order valence-corrected chi connectivity index (χ3v) is 6.90. The number of fused-ring (bicyclic) bond motifs is 1. The minimum Gasteiger partial charge on any atom is -0.494 e. The Bertz CT molecular complexity index is 1230. The molecule has 1 aliphatic carbocycles. The van der Waals surface area contributed by atoms with Crippen LogP contribution in [0.4, 0.5) is 0 Å². The van der Waals surface area contributed by atoms with Crippen molar-refractivity contribution >= 4 is 28.7 Å². The number of hydrogen-bond acceptors (Lipinski definition) is 5. The minimum atomic E-state index is -0.328. The third-order valence-electron chi connectivity index (χ3n) is 6.90. The van der Waals surface area contributed by atoms with Gasteiger partial charge in [0, 0.05) is 49.1 Å². The fourth-order valence-electron chi connectivity index (χ4n) is 4.65. The topological polar surface area (TPSA) is 91.9 Å². The highest BCUT2D eigenvalue weighted by molar-refractivity contribution is 5.86. The van der Waals surface area contributed by atoms with E-state index in [2.05, 4.69) is 15.8 Å². The number of nitrogens with one attached hydrogen (secondary N) is 1. The van der Waals surface area contributed by atoms with Gasteiger partial charge in [0.05, 0.1) is 13.7 Å². The molecule has 0 atom stereocenters. The van der Waals surface area contributed by atoms with Gasteiger partial charge in [0.15, 0.2) is 0 Å². The number of amides is 2. The summed E-state index contributed by atoms with van der Waals surface area (Å²) in [6, 6.07) is 16.0. The second-order valence-corrected chi connectivity index (χ2v) is 9.68. The van der Waals surface area contributed by atoms with Crippen LogP contribution in [0.3, 0.4) is 0 Å². The van der Waals surface area contributed by atoms with Crippen LogP contribution in [0.2, 0.25) is 0 Å². The number of aromatic nitrogens is 1. The summed E-state index contributed by atoms with van der Waals surface area (Å²) in [5, 5.41) is 1.15. The lowest BCUT2D eigenvalue weighted by atomic mass is 10.1. The fourth-order valence-corrected chi connectivity index (χ4v) is 4.65. The minimum absolute atomic E-state index is 0.0483. The number of benzene rings is 2. The molecule has 0 bridgehead atoms. The lowest BCUT2D eigenvalue weighted by Gasteiger charge is -2.28. The molecule has 0 aliphatic heterocycles. The van der Waals surface area contributed by atoms with Gasteiger partial charge in [-0.2, -0.15) is 0 Å². The third kappa shape index (κ3) is 7.37. The monoisotopic (exact) mass is 519 g/mol. The first-order valence-corrected chi connectivity index (χ1v) is 13.4. The Balaban J connectivity index is 1.45. The summed E-state index contributed by atoms with van der Waals surface area (Å²) >= 11 is 0. The van der Waals surface area contributed by atoms with Crippen LogP contribution in [0.25, 0.3) is 10.9 Å². The molecule has 0 radical (unpaired) electrons. The maximum absolute atomic E-state index is 13.6. The number of carbonyl (C=O) groups is 3. The van der Waals surface area contributed by atoms with E-state index in [0.29, 0.717) is 32.5 Å². The van der Waals surface area contributed by atoms with Crippen LogP contribution in [0.15, 0.2) is 54.7 Å². The van der Waals surface area contributed by atoms with Gasteiger partial charge >= 0.3 is 5.97 Å². The van der Waals surface area contributed by atoms with Gasteiger partial charge in [-0.15, -0.1) is 0 Å². The first-order chi connectivity index (χ1) is 18.5. The summed E-state index contributed by atoms with van der Waals surface area (Å²) in [4.78, 5) is 44.9. The molecule has 1 saturated carbocycles. The number of hydrogen-bond donors (Lipinski definition) is 1. The van der Waals surface area contributed by atoms with E-state index in [9.17, 15) is 14.4 Å². The number of ether oxygens (including phenoxy) is 2. The van der Waals surface area contributed by atoms with Crippen molar-refractivity contribution in [1.29, 1.82) is 0 Å². The average molecular weight is 520 g/mol. The van der Waals surface area contributed by atoms with Crippen molar-refractivity contribution in [2.75, 3.05) is 26.8 Å². The van der Waals surface area contributed by atoms with Gasteiger partial charge in [0.2, 0.25) is 11.8 Å². The number of esters is 1. The molecule has 202 valence electrons. The van der Waals surface area contributed by atoms with E-state index in [1.54, 1.807) is 4.90 Å². The molecule has 8 heteroatoms. The molecule has 1 fully saturated rings. The second kappa shape index (κ2) is 13.1. The van der Waals surface area contributed by atoms with Gasteiger partial charge in [0.25, 0.3) is 0 Å². The molecule has 0 saturated heterocycles. The van der Waals surface area contributed by atoms with Gasteiger partial charge in [-0.1, -0.05) is 30.3 Å². The second-order valence-electron chi connectivity index (χ2n) is 9.68. The number of H-pyrrole nitrogens is 1. The van der Waals surface area contributed by atoms with E-state index in [1.165, 1.54) is 7.11 Å². The van der Waals surface area contributed by atoms with Crippen molar-refractivity contribution in [1.82, 2.24) is 14.8 Å². The van der Waals surface area contributed by atoms with Crippen molar-refractivity contribution in [2.24, 2.45) is 0 Å². The summed E-state index contributed by atoms with van der Waals surface area (Å²) in [5.74, 6) is 0.311. The molecule has 2 amide bonds. The average Bonchev–Trinajstić information content (AvgIpc) is 3.69. The van der Waals surface area contributed by atoms with Crippen molar-refractivity contribution in [3.05, 3.63) is 65.9 Å². The van der Waals surface area contributed by atoms with Crippen LogP contribution in [0.1, 0.15) is 50.2 Å². The quantitative estimate of drug-likeness (QED) is 0.317. The van der Waals surface area contributed by atoms with Crippen LogP contribution in [-0.2, 0) is 32.1 Å². The molecule has 3 aromatic rings. The summed E-state index contributed by atoms with van der Waals surface area (Å²) in [5.41, 5.74) is 3.23. The van der Waals surface area contributed by atoms with E-state index in [-0.39, 0.29) is 43.2 Å². The van der Waals surface area contributed by atoms with E-state index >= 15 is 0 Å². The van der Waals surface area contributed by atoms with Crippen LogP contribution in [0, 0.1) is 0 Å².